The van der Waals surface area contributed by atoms with Crippen molar-refractivity contribution in [2.45, 2.75) is 6.54 Å². The molecule has 3 aromatic rings. The van der Waals surface area contributed by atoms with Gasteiger partial charge in [0, 0.05) is 11.3 Å². The first-order valence-corrected chi connectivity index (χ1v) is 9.60. The molecule has 4 rings (SSSR count). The van der Waals surface area contributed by atoms with Crippen LogP contribution in [0.2, 0.25) is 0 Å². The summed E-state index contributed by atoms with van der Waals surface area (Å²) in [5.41, 5.74) is 2.60. The minimum Gasteiger partial charge on any atom is -0.493 e. The predicted octanol–water partition coefficient (Wildman–Crippen LogP) is 3.30. The molecule has 0 bridgehead atoms. The fraction of sp³-hybridized carbons (Fsp3) is 0.182. The average Bonchev–Trinajstić information content (AvgIpc) is 3.35. The molecule has 0 unspecified atom stereocenters. The van der Waals surface area contributed by atoms with Crippen LogP contribution in [-0.2, 0) is 11.3 Å². The van der Waals surface area contributed by atoms with E-state index in [0.29, 0.717) is 22.9 Å². The topological polar surface area (TPSA) is 115 Å². The van der Waals surface area contributed by atoms with Gasteiger partial charge in [-0.15, -0.1) is 0 Å². The molecule has 32 heavy (non-hydrogen) atoms. The van der Waals surface area contributed by atoms with Crippen molar-refractivity contribution < 1.29 is 28.2 Å². The van der Waals surface area contributed by atoms with E-state index in [1.54, 1.807) is 44.6 Å². The molecule has 0 saturated carbocycles. The van der Waals surface area contributed by atoms with Crippen molar-refractivity contribution in [3.63, 3.8) is 0 Å². The molecule has 0 atom stereocenters. The standard InChI is InChI=1S/C22H20N4O6/c1-29-18-7-6-15(9-19(18)30-2)17-12-31-22(28)26(25-17)11-14-4-3-5-16(8-14)24-21(27)20-10-23-13-32-20/h3-10,13H,11-12H2,1-2H3,(H,24,27). The lowest BCUT2D eigenvalue weighted by molar-refractivity contribution is 0.0995. The Kier molecular flexibility index (Phi) is 6.02. The van der Waals surface area contributed by atoms with Crippen molar-refractivity contribution in [1.29, 1.82) is 0 Å². The van der Waals surface area contributed by atoms with Gasteiger partial charge >= 0.3 is 6.09 Å². The van der Waals surface area contributed by atoms with Crippen LogP contribution in [0.15, 0.2) is 64.6 Å². The maximum absolute atomic E-state index is 12.3. The zero-order valence-corrected chi connectivity index (χ0v) is 17.4. The Balaban J connectivity index is 1.52. The number of nitrogens with one attached hydrogen (secondary N) is 1. The van der Waals surface area contributed by atoms with E-state index in [1.165, 1.54) is 17.6 Å². The molecule has 0 aliphatic carbocycles. The number of hydrogen-bond acceptors (Lipinski definition) is 8. The molecule has 2 aromatic carbocycles. The van der Waals surface area contributed by atoms with E-state index in [2.05, 4.69) is 15.4 Å². The van der Waals surface area contributed by atoms with E-state index in [9.17, 15) is 9.59 Å². The van der Waals surface area contributed by atoms with Crippen molar-refractivity contribution in [1.82, 2.24) is 9.99 Å². The SMILES string of the molecule is COc1ccc(C2=NN(Cc3cccc(NC(=O)c4cnco4)c3)C(=O)OC2)cc1OC. The summed E-state index contributed by atoms with van der Waals surface area (Å²) in [4.78, 5) is 28.2. The molecule has 2 heterocycles. The number of rotatable bonds is 7. The normalized spacial score (nSPS) is 13.2. The number of carbonyl (C=O) groups is 2. The zero-order chi connectivity index (χ0) is 22.5. The van der Waals surface area contributed by atoms with E-state index in [1.807, 2.05) is 12.1 Å². The molecule has 10 heteroatoms. The summed E-state index contributed by atoms with van der Waals surface area (Å²) in [6.45, 7) is 0.194. The highest BCUT2D eigenvalue weighted by Crippen LogP contribution is 2.28. The number of aromatic nitrogens is 1. The van der Waals surface area contributed by atoms with E-state index in [0.717, 1.165) is 11.1 Å². The van der Waals surface area contributed by atoms with Crippen LogP contribution in [0.1, 0.15) is 21.7 Å². The predicted molar refractivity (Wildman–Crippen MR) is 114 cm³/mol. The number of hydrazone groups is 1. The maximum Gasteiger partial charge on any atom is 0.431 e. The summed E-state index contributed by atoms with van der Waals surface area (Å²) in [5, 5.41) is 8.41. The van der Waals surface area contributed by atoms with E-state index in [-0.39, 0.29) is 18.9 Å². The minimum atomic E-state index is -0.565. The van der Waals surface area contributed by atoms with Crippen LogP contribution >= 0.6 is 0 Å². The molecule has 1 aliphatic rings. The number of oxazole rings is 1. The van der Waals surface area contributed by atoms with E-state index in [4.69, 9.17) is 18.6 Å². The second-order valence-electron chi connectivity index (χ2n) is 6.75. The van der Waals surface area contributed by atoms with Gasteiger partial charge in [-0.2, -0.15) is 10.1 Å². The van der Waals surface area contributed by atoms with Crippen LogP contribution in [0.25, 0.3) is 0 Å². The van der Waals surface area contributed by atoms with Crippen molar-refractivity contribution in [3.05, 3.63) is 71.9 Å². The summed E-state index contributed by atoms with van der Waals surface area (Å²) < 4.78 is 20.9. The van der Waals surface area contributed by atoms with E-state index < -0.39 is 12.0 Å². The summed E-state index contributed by atoms with van der Waals surface area (Å²) in [7, 11) is 3.10. The third-order valence-electron chi connectivity index (χ3n) is 4.67. The highest BCUT2D eigenvalue weighted by molar-refractivity contribution is 6.04. The van der Waals surface area contributed by atoms with Gasteiger partial charge in [-0.3, -0.25) is 4.79 Å². The second-order valence-corrected chi connectivity index (χ2v) is 6.75. The first-order chi connectivity index (χ1) is 15.6. The van der Waals surface area contributed by atoms with Crippen LogP contribution < -0.4 is 14.8 Å². The molecular formula is C22H20N4O6. The van der Waals surface area contributed by atoms with Gasteiger partial charge in [0.25, 0.3) is 5.91 Å². The molecule has 1 aliphatic heterocycles. The summed E-state index contributed by atoms with van der Waals surface area (Å²) in [5.74, 6) is 0.807. The molecule has 0 spiro atoms. The minimum absolute atomic E-state index is 0.0398. The third kappa shape index (κ3) is 4.53. The Bertz CT molecular complexity index is 1160. The van der Waals surface area contributed by atoms with E-state index >= 15 is 0 Å². The Morgan fingerprint density at radius 2 is 2.00 bits per heavy atom. The molecule has 2 amide bonds. The number of cyclic esters (lactones) is 1. The third-order valence-corrected chi connectivity index (χ3v) is 4.67. The molecule has 10 nitrogen and oxygen atoms in total. The van der Waals surface area contributed by atoms with Gasteiger partial charge in [0.05, 0.1) is 27.0 Å². The monoisotopic (exact) mass is 436 g/mol. The molecule has 1 aromatic heterocycles. The number of methoxy groups -OCH3 is 2. The first-order valence-electron chi connectivity index (χ1n) is 9.60. The van der Waals surface area contributed by atoms with Crippen LogP contribution in [0.4, 0.5) is 10.5 Å². The van der Waals surface area contributed by atoms with Gasteiger partial charge in [-0.05, 0) is 35.9 Å². The maximum atomic E-state index is 12.3. The van der Waals surface area contributed by atoms with Crippen molar-refractivity contribution >= 4 is 23.4 Å². The molecular weight excluding hydrogens is 416 g/mol. The lowest BCUT2D eigenvalue weighted by atomic mass is 10.1. The number of carbonyl (C=O) groups excluding carboxylic acids is 2. The summed E-state index contributed by atoms with van der Waals surface area (Å²) in [6, 6.07) is 12.4. The number of hydrogen-bond donors (Lipinski definition) is 1. The Morgan fingerprint density at radius 1 is 1.16 bits per heavy atom. The summed E-state index contributed by atoms with van der Waals surface area (Å²) in [6.07, 6.45) is 1.94. The smallest absolute Gasteiger partial charge is 0.431 e. The number of benzene rings is 2. The fourth-order valence-corrected chi connectivity index (χ4v) is 3.12. The van der Waals surface area contributed by atoms with Crippen molar-refractivity contribution in [2.75, 3.05) is 26.1 Å². The number of nitrogens with zero attached hydrogens (tertiary/aromatic N) is 3. The number of ether oxygens (including phenoxy) is 3. The van der Waals surface area contributed by atoms with Crippen LogP contribution in [0.3, 0.4) is 0 Å². The quantitative estimate of drug-likeness (QED) is 0.604. The number of amides is 2. The average molecular weight is 436 g/mol. The van der Waals surface area contributed by atoms with Gasteiger partial charge in [0.2, 0.25) is 5.76 Å². The Labute approximate surface area is 183 Å². The van der Waals surface area contributed by atoms with Crippen molar-refractivity contribution in [3.8, 4) is 11.5 Å². The first kappa shape index (κ1) is 20.9. The van der Waals surface area contributed by atoms with Gasteiger partial charge in [-0.25, -0.2) is 9.78 Å². The highest BCUT2D eigenvalue weighted by atomic mass is 16.6. The molecule has 1 N–H and O–H groups in total. The van der Waals surface area contributed by atoms with Gasteiger partial charge < -0.3 is 23.9 Å². The van der Waals surface area contributed by atoms with Crippen LogP contribution in [0.5, 0.6) is 11.5 Å². The molecule has 0 fully saturated rings. The lowest BCUT2D eigenvalue weighted by Crippen LogP contribution is -2.35. The molecule has 164 valence electrons. The number of anilines is 1. The molecule has 0 radical (unpaired) electrons. The Morgan fingerprint density at radius 3 is 2.75 bits per heavy atom. The Hall–Kier alpha value is -4.34. The van der Waals surface area contributed by atoms with Gasteiger partial charge in [0.1, 0.15) is 12.3 Å². The second kappa shape index (κ2) is 9.21. The van der Waals surface area contributed by atoms with Crippen LogP contribution in [0, 0.1) is 0 Å². The van der Waals surface area contributed by atoms with Crippen molar-refractivity contribution in [2.24, 2.45) is 5.10 Å². The van der Waals surface area contributed by atoms with Gasteiger partial charge in [0.15, 0.2) is 17.9 Å². The van der Waals surface area contributed by atoms with Gasteiger partial charge in [-0.1, -0.05) is 12.1 Å². The lowest BCUT2D eigenvalue weighted by Gasteiger charge is -2.24. The fourth-order valence-electron chi connectivity index (χ4n) is 3.12. The molecule has 0 saturated heterocycles. The summed E-state index contributed by atoms with van der Waals surface area (Å²) >= 11 is 0. The zero-order valence-electron chi connectivity index (χ0n) is 17.4. The van der Waals surface area contributed by atoms with Crippen LogP contribution in [-0.4, -0.2) is 48.5 Å². The largest absolute Gasteiger partial charge is 0.493 e. The highest BCUT2D eigenvalue weighted by Gasteiger charge is 2.24.